The van der Waals surface area contributed by atoms with E-state index in [4.69, 9.17) is 0 Å². The van der Waals surface area contributed by atoms with Gasteiger partial charge in [-0.15, -0.1) is 0 Å². The van der Waals surface area contributed by atoms with Crippen molar-refractivity contribution in [2.24, 2.45) is 0 Å². The van der Waals surface area contributed by atoms with Crippen LogP contribution in [0.25, 0.3) is 21.8 Å². The Bertz CT molecular complexity index is 984. The number of amides is 1. The first-order valence-electron chi connectivity index (χ1n) is 9.18. The number of likely N-dealkylation sites (tertiary alicyclic amines) is 1. The molecule has 7 nitrogen and oxygen atoms in total. The van der Waals surface area contributed by atoms with Gasteiger partial charge in [-0.05, 0) is 45.0 Å². The van der Waals surface area contributed by atoms with Crippen molar-refractivity contribution in [3.05, 3.63) is 40.8 Å². The minimum absolute atomic E-state index is 0.0617. The molecular formula is C19H23N5O2. The molecule has 4 rings (SSSR count). The summed E-state index contributed by atoms with van der Waals surface area (Å²) in [5, 5.41) is 8.81. The van der Waals surface area contributed by atoms with Gasteiger partial charge in [0.25, 0.3) is 5.56 Å². The second-order valence-corrected chi connectivity index (χ2v) is 6.82. The lowest BCUT2D eigenvalue weighted by molar-refractivity contribution is -0.121. The number of rotatable bonds is 6. The van der Waals surface area contributed by atoms with Crippen LogP contribution in [0.15, 0.2) is 35.3 Å². The molecule has 0 saturated carbocycles. The van der Waals surface area contributed by atoms with Crippen LogP contribution in [0.1, 0.15) is 19.3 Å². The largest absolute Gasteiger partial charge is 0.354 e. The van der Waals surface area contributed by atoms with Gasteiger partial charge in [0.1, 0.15) is 12.1 Å². The minimum Gasteiger partial charge on any atom is -0.354 e. The third kappa shape index (κ3) is 3.35. The molecule has 3 aromatic rings. The topological polar surface area (TPSA) is 83.0 Å². The standard InChI is InChI=1S/C19H23N5O2/c25-17(20-8-5-11-23-9-3-4-10-23)13-24-19(26)18-15(12-21-24)14-6-1-2-7-16(14)22-18/h1-2,6-7,12,22H,3-5,8-11,13H2,(H,20,25). The van der Waals surface area contributed by atoms with E-state index in [1.807, 2.05) is 24.3 Å². The van der Waals surface area contributed by atoms with Gasteiger partial charge in [-0.25, -0.2) is 4.68 Å². The molecular weight excluding hydrogens is 330 g/mol. The maximum absolute atomic E-state index is 12.6. The van der Waals surface area contributed by atoms with Crippen molar-refractivity contribution in [1.29, 1.82) is 0 Å². The molecule has 0 radical (unpaired) electrons. The zero-order valence-corrected chi connectivity index (χ0v) is 14.7. The Balaban J connectivity index is 1.40. The van der Waals surface area contributed by atoms with Crippen molar-refractivity contribution < 1.29 is 4.79 Å². The molecule has 1 aromatic carbocycles. The second-order valence-electron chi connectivity index (χ2n) is 6.82. The van der Waals surface area contributed by atoms with E-state index in [0.717, 1.165) is 42.3 Å². The Morgan fingerprint density at radius 3 is 2.85 bits per heavy atom. The maximum Gasteiger partial charge on any atom is 0.291 e. The summed E-state index contributed by atoms with van der Waals surface area (Å²) in [5.74, 6) is -0.184. The SMILES string of the molecule is O=C(Cn1ncc2c([nH]c3ccccc32)c1=O)NCCCN1CCCC1. The molecule has 1 amide bonds. The van der Waals surface area contributed by atoms with E-state index >= 15 is 0 Å². The van der Waals surface area contributed by atoms with Crippen LogP contribution in [0.2, 0.25) is 0 Å². The average molecular weight is 353 g/mol. The van der Waals surface area contributed by atoms with E-state index in [2.05, 4.69) is 20.3 Å². The number of carbonyl (C=O) groups is 1. The van der Waals surface area contributed by atoms with Crippen molar-refractivity contribution >= 4 is 27.7 Å². The molecule has 2 N–H and O–H groups in total. The summed E-state index contributed by atoms with van der Waals surface area (Å²) < 4.78 is 1.22. The smallest absolute Gasteiger partial charge is 0.291 e. The summed E-state index contributed by atoms with van der Waals surface area (Å²) in [4.78, 5) is 30.3. The fraction of sp³-hybridized carbons (Fsp3) is 0.421. The lowest BCUT2D eigenvalue weighted by Crippen LogP contribution is -2.35. The highest BCUT2D eigenvalue weighted by molar-refractivity contribution is 6.06. The maximum atomic E-state index is 12.6. The van der Waals surface area contributed by atoms with Gasteiger partial charge in [-0.1, -0.05) is 18.2 Å². The van der Waals surface area contributed by atoms with Crippen LogP contribution in [-0.2, 0) is 11.3 Å². The summed E-state index contributed by atoms with van der Waals surface area (Å²) in [7, 11) is 0. The normalized spacial score (nSPS) is 15.1. The number of para-hydroxylation sites is 1. The van der Waals surface area contributed by atoms with E-state index in [1.54, 1.807) is 6.20 Å². The highest BCUT2D eigenvalue weighted by Crippen LogP contribution is 2.21. The number of benzene rings is 1. The number of nitrogens with zero attached hydrogens (tertiary/aromatic N) is 3. The Morgan fingerprint density at radius 2 is 2.00 bits per heavy atom. The van der Waals surface area contributed by atoms with E-state index < -0.39 is 0 Å². The summed E-state index contributed by atoms with van der Waals surface area (Å²) in [6.07, 6.45) is 5.12. The monoisotopic (exact) mass is 353 g/mol. The number of hydrogen-bond acceptors (Lipinski definition) is 4. The molecule has 0 aliphatic carbocycles. The van der Waals surface area contributed by atoms with Crippen LogP contribution in [0.3, 0.4) is 0 Å². The van der Waals surface area contributed by atoms with E-state index in [0.29, 0.717) is 12.1 Å². The fourth-order valence-electron chi connectivity index (χ4n) is 3.62. The van der Waals surface area contributed by atoms with Crippen LogP contribution >= 0.6 is 0 Å². The fourth-order valence-corrected chi connectivity index (χ4v) is 3.62. The Hall–Kier alpha value is -2.67. The first-order chi connectivity index (χ1) is 12.7. The third-order valence-corrected chi connectivity index (χ3v) is 4.99. The lowest BCUT2D eigenvalue weighted by atomic mass is 10.2. The number of H-pyrrole nitrogens is 1. The van der Waals surface area contributed by atoms with Gasteiger partial charge in [-0.3, -0.25) is 9.59 Å². The number of aromatic amines is 1. The molecule has 0 spiro atoms. The number of carbonyl (C=O) groups excluding carboxylic acids is 1. The minimum atomic E-state index is -0.272. The Kier molecular flexibility index (Phi) is 4.71. The number of aromatic nitrogens is 3. The van der Waals surface area contributed by atoms with Crippen molar-refractivity contribution in [2.45, 2.75) is 25.8 Å². The average Bonchev–Trinajstić information content (AvgIpc) is 3.29. The summed E-state index contributed by atoms with van der Waals surface area (Å²) in [5.41, 5.74) is 1.11. The highest BCUT2D eigenvalue weighted by atomic mass is 16.2. The van der Waals surface area contributed by atoms with Crippen LogP contribution < -0.4 is 10.9 Å². The summed E-state index contributed by atoms with van der Waals surface area (Å²) in [6, 6.07) is 7.72. The van der Waals surface area contributed by atoms with Gasteiger partial charge in [-0.2, -0.15) is 5.10 Å². The zero-order valence-electron chi connectivity index (χ0n) is 14.7. The number of nitrogens with one attached hydrogen (secondary N) is 2. The molecule has 1 aliphatic heterocycles. The van der Waals surface area contributed by atoms with Crippen LogP contribution in [0.4, 0.5) is 0 Å². The van der Waals surface area contributed by atoms with Crippen molar-refractivity contribution in [1.82, 2.24) is 25.0 Å². The van der Waals surface area contributed by atoms with Gasteiger partial charge in [0, 0.05) is 22.8 Å². The third-order valence-electron chi connectivity index (χ3n) is 4.99. The first kappa shape index (κ1) is 16.8. The van der Waals surface area contributed by atoms with E-state index in [9.17, 15) is 9.59 Å². The molecule has 0 atom stereocenters. The van der Waals surface area contributed by atoms with Gasteiger partial charge < -0.3 is 15.2 Å². The van der Waals surface area contributed by atoms with Gasteiger partial charge in [0.2, 0.25) is 5.91 Å². The Labute approximate surface area is 151 Å². The number of hydrogen-bond donors (Lipinski definition) is 2. The molecule has 1 aliphatic rings. The van der Waals surface area contributed by atoms with Gasteiger partial charge in [0.15, 0.2) is 0 Å². The Morgan fingerprint density at radius 1 is 1.19 bits per heavy atom. The molecule has 136 valence electrons. The van der Waals surface area contributed by atoms with E-state index in [-0.39, 0.29) is 18.0 Å². The first-order valence-corrected chi connectivity index (χ1v) is 9.18. The molecule has 26 heavy (non-hydrogen) atoms. The summed E-state index contributed by atoms with van der Waals surface area (Å²) in [6.45, 7) is 3.90. The van der Waals surface area contributed by atoms with Crippen LogP contribution in [-0.4, -0.2) is 51.8 Å². The second kappa shape index (κ2) is 7.29. The van der Waals surface area contributed by atoms with Crippen molar-refractivity contribution in [3.8, 4) is 0 Å². The number of fused-ring (bicyclic) bond motifs is 3. The molecule has 1 saturated heterocycles. The van der Waals surface area contributed by atoms with Gasteiger partial charge >= 0.3 is 0 Å². The highest BCUT2D eigenvalue weighted by Gasteiger charge is 2.13. The molecule has 7 heteroatoms. The van der Waals surface area contributed by atoms with Crippen LogP contribution in [0, 0.1) is 0 Å². The van der Waals surface area contributed by atoms with Crippen LogP contribution in [0.5, 0.6) is 0 Å². The molecule has 0 bridgehead atoms. The summed E-state index contributed by atoms with van der Waals surface area (Å²) >= 11 is 0. The van der Waals surface area contributed by atoms with Crippen molar-refractivity contribution in [3.63, 3.8) is 0 Å². The van der Waals surface area contributed by atoms with Gasteiger partial charge in [0.05, 0.1) is 6.20 Å². The predicted octanol–water partition coefficient (Wildman–Crippen LogP) is 1.48. The molecule has 0 unspecified atom stereocenters. The van der Waals surface area contributed by atoms with E-state index in [1.165, 1.54) is 17.5 Å². The zero-order chi connectivity index (χ0) is 17.9. The predicted molar refractivity (Wildman–Crippen MR) is 101 cm³/mol. The lowest BCUT2D eigenvalue weighted by Gasteiger charge is -2.14. The molecule has 2 aromatic heterocycles. The van der Waals surface area contributed by atoms with Crippen molar-refractivity contribution in [2.75, 3.05) is 26.2 Å². The molecule has 1 fully saturated rings. The quantitative estimate of drug-likeness (QED) is 0.658. The molecule has 3 heterocycles.